The Morgan fingerprint density at radius 1 is 1.34 bits per heavy atom. The zero-order valence-electron chi connectivity index (χ0n) is 16.3. The lowest BCUT2D eigenvalue weighted by Gasteiger charge is -2.42. The average molecular weight is 460 g/mol. The third-order valence-electron chi connectivity index (χ3n) is 5.51. The van der Waals surface area contributed by atoms with E-state index in [0.717, 1.165) is 23.4 Å². The molecule has 0 unspecified atom stereocenters. The average Bonchev–Trinajstić information content (AvgIpc) is 2.72. The van der Waals surface area contributed by atoms with Crippen LogP contribution in [0.15, 0.2) is 22.2 Å². The predicted molar refractivity (Wildman–Crippen MR) is 115 cm³/mol. The minimum atomic E-state index is -0.523. The molecule has 1 fully saturated rings. The van der Waals surface area contributed by atoms with Gasteiger partial charge in [0, 0.05) is 30.2 Å². The summed E-state index contributed by atoms with van der Waals surface area (Å²) in [5.41, 5.74) is 6.95. The molecular weight excluding hydrogens is 436 g/mol. The van der Waals surface area contributed by atoms with Crippen LogP contribution in [0.5, 0.6) is 0 Å². The zero-order chi connectivity index (χ0) is 21.2. The Labute approximate surface area is 184 Å². The fourth-order valence-electron chi connectivity index (χ4n) is 3.35. The van der Waals surface area contributed by atoms with E-state index in [1.54, 1.807) is 12.3 Å². The summed E-state index contributed by atoms with van der Waals surface area (Å²) in [6.45, 7) is 4.50. The van der Waals surface area contributed by atoms with Gasteiger partial charge in [0.2, 0.25) is 0 Å². The molecule has 0 amide bonds. The van der Waals surface area contributed by atoms with Crippen molar-refractivity contribution in [2.75, 3.05) is 24.7 Å². The Morgan fingerprint density at radius 3 is 2.66 bits per heavy atom. The molecule has 2 aromatic rings. The number of alkyl halides is 1. The third kappa shape index (κ3) is 4.77. The van der Waals surface area contributed by atoms with Gasteiger partial charge in [0.25, 0.3) is 0 Å². The molecule has 0 spiro atoms. The van der Waals surface area contributed by atoms with Crippen molar-refractivity contribution in [2.24, 2.45) is 11.1 Å². The number of rotatable bonds is 6. The van der Waals surface area contributed by atoms with Crippen molar-refractivity contribution in [2.45, 2.75) is 49.3 Å². The van der Waals surface area contributed by atoms with Crippen molar-refractivity contribution in [3.8, 4) is 0 Å². The normalized spacial score (nSPS) is 17.4. The van der Waals surface area contributed by atoms with Gasteiger partial charge in [0.05, 0.1) is 17.3 Å². The standard InChI is InChI=1S/C19H24Cl2FN5OS/c1-11-18(29-13-3-6-24-16(21)15(13)20)26-12(10-28)17(25-11)27-7-4-19(2,5-8-27)14(23)9-22/h3,6,14,28H,4-5,7-10,23H2,1-2H3/t14-/m1/s1. The minimum Gasteiger partial charge on any atom is -0.390 e. The van der Waals surface area contributed by atoms with E-state index in [9.17, 15) is 9.50 Å². The number of nitrogens with zero attached hydrogens (tertiary/aromatic N) is 4. The molecule has 3 heterocycles. The van der Waals surface area contributed by atoms with Gasteiger partial charge in [0.15, 0.2) is 5.82 Å². The van der Waals surface area contributed by atoms with Gasteiger partial charge in [-0.25, -0.2) is 19.3 Å². The van der Waals surface area contributed by atoms with E-state index >= 15 is 0 Å². The van der Waals surface area contributed by atoms with Crippen LogP contribution >= 0.6 is 35.0 Å². The van der Waals surface area contributed by atoms with E-state index in [-0.39, 0.29) is 17.2 Å². The number of pyridine rings is 1. The Bertz CT molecular complexity index is 880. The molecular formula is C19H24Cl2FN5OS. The molecule has 1 atom stereocenters. The van der Waals surface area contributed by atoms with E-state index in [1.165, 1.54) is 11.8 Å². The van der Waals surface area contributed by atoms with Crippen LogP contribution in [0.3, 0.4) is 0 Å². The van der Waals surface area contributed by atoms with E-state index in [0.29, 0.717) is 34.6 Å². The SMILES string of the molecule is Cc1nc(N2CCC(C)([C@H](N)CF)CC2)c(CO)nc1Sc1ccnc(Cl)c1Cl. The minimum absolute atomic E-state index is 0.226. The van der Waals surface area contributed by atoms with Crippen molar-refractivity contribution in [1.82, 2.24) is 15.0 Å². The lowest BCUT2D eigenvalue weighted by Crippen LogP contribution is -2.49. The van der Waals surface area contributed by atoms with Gasteiger partial charge >= 0.3 is 0 Å². The van der Waals surface area contributed by atoms with Gasteiger partial charge in [-0.3, -0.25) is 0 Å². The number of aliphatic hydroxyl groups excluding tert-OH is 1. The Kier molecular flexibility index (Phi) is 7.22. The highest BCUT2D eigenvalue weighted by Crippen LogP contribution is 2.39. The second kappa shape index (κ2) is 9.31. The fraction of sp³-hybridized carbons (Fsp3) is 0.526. The summed E-state index contributed by atoms with van der Waals surface area (Å²) >= 11 is 13.5. The smallest absolute Gasteiger partial charge is 0.153 e. The molecule has 158 valence electrons. The maximum atomic E-state index is 13.1. The maximum absolute atomic E-state index is 13.1. The lowest BCUT2D eigenvalue weighted by molar-refractivity contribution is 0.169. The number of halogens is 3. The number of aromatic nitrogens is 3. The van der Waals surface area contributed by atoms with Crippen molar-refractivity contribution in [3.05, 3.63) is 33.8 Å². The summed E-state index contributed by atoms with van der Waals surface area (Å²) in [5.74, 6) is 0.657. The van der Waals surface area contributed by atoms with Gasteiger partial charge in [-0.05, 0) is 31.2 Å². The molecule has 3 rings (SSSR count). The molecule has 0 radical (unpaired) electrons. The van der Waals surface area contributed by atoms with Gasteiger partial charge in [-0.15, -0.1) is 0 Å². The maximum Gasteiger partial charge on any atom is 0.153 e. The first-order valence-corrected chi connectivity index (χ1v) is 10.9. The van der Waals surface area contributed by atoms with Crippen LogP contribution in [0, 0.1) is 12.3 Å². The molecule has 1 aliphatic rings. The zero-order valence-corrected chi connectivity index (χ0v) is 18.7. The highest BCUT2D eigenvalue weighted by Gasteiger charge is 2.36. The molecule has 0 aromatic carbocycles. The Morgan fingerprint density at radius 2 is 2.03 bits per heavy atom. The monoisotopic (exact) mass is 459 g/mol. The first-order chi connectivity index (χ1) is 13.8. The number of piperidine rings is 1. The highest BCUT2D eigenvalue weighted by atomic mass is 35.5. The Balaban J connectivity index is 1.83. The van der Waals surface area contributed by atoms with Gasteiger partial charge in [-0.1, -0.05) is 41.9 Å². The van der Waals surface area contributed by atoms with Crippen molar-refractivity contribution < 1.29 is 9.50 Å². The number of aliphatic hydroxyl groups is 1. The van der Waals surface area contributed by atoms with E-state index in [2.05, 4.69) is 14.9 Å². The van der Waals surface area contributed by atoms with Crippen LogP contribution < -0.4 is 10.6 Å². The molecule has 29 heavy (non-hydrogen) atoms. The van der Waals surface area contributed by atoms with Crippen molar-refractivity contribution in [1.29, 1.82) is 0 Å². The molecule has 1 saturated heterocycles. The molecule has 0 saturated carbocycles. The number of aryl methyl sites for hydroxylation is 1. The first kappa shape index (κ1) is 22.5. The van der Waals surface area contributed by atoms with Crippen LogP contribution in [0.2, 0.25) is 10.2 Å². The van der Waals surface area contributed by atoms with Crippen LogP contribution in [-0.2, 0) is 6.61 Å². The van der Waals surface area contributed by atoms with Gasteiger partial charge in [-0.2, -0.15) is 0 Å². The van der Waals surface area contributed by atoms with E-state index in [4.69, 9.17) is 33.9 Å². The second-order valence-electron chi connectivity index (χ2n) is 7.46. The van der Waals surface area contributed by atoms with Crippen molar-refractivity contribution >= 4 is 40.8 Å². The van der Waals surface area contributed by atoms with Crippen LogP contribution in [0.25, 0.3) is 0 Å². The van der Waals surface area contributed by atoms with Crippen molar-refractivity contribution in [3.63, 3.8) is 0 Å². The van der Waals surface area contributed by atoms with Crippen LogP contribution in [0.4, 0.5) is 10.2 Å². The van der Waals surface area contributed by atoms with Crippen LogP contribution in [-0.4, -0.2) is 45.9 Å². The van der Waals surface area contributed by atoms with Gasteiger partial charge < -0.3 is 15.7 Å². The number of hydrogen-bond donors (Lipinski definition) is 2. The summed E-state index contributed by atoms with van der Waals surface area (Å²) in [6.07, 6.45) is 3.09. The number of anilines is 1. The lowest BCUT2D eigenvalue weighted by atomic mass is 9.75. The summed E-state index contributed by atoms with van der Waals surface area (Å²) in [7, 11) is 0. The topological polar surface area (TPSA) is 88.2 Å². The molecule has 3 N–H and O–H groups in total. The molecule has 1 aliphatic heterocycles. The highest BCUT2D eigenvalue weighted by molar-refractivity contribution is 7.99. The molecule has 2 aromatic heterocycles. The molecule has 0 aliphatic carbocycles. The number of hydrogen-bond acceptors (Lipinski definition) is 7. The van der Waals surface area contributed by atoms with Gasteiger partial charge in [0.1, 0.15) is 22.5 Å². The predicted octanol–water partition coefficient (Wildman–Crippen LogP) is 4.03. The summed E-state index contributed by atoms with van der Waals surface area (Å²) in [6, 6.07) is 1.29. The largest absolute Gasteiger partial charge is 0.390 e. The third-order valence-corrected chi connectivity index (χ3v) is 7.53. The quantitative estimate of drug-likeness (QED) is 0.630. The Hall–Kier alpha value is -1.19. The molecule has 6 nitrogen and oxygen atoms in total. The fourth-order valence-corrected chi connectivity index (χ4v) is 4.67. The number of nitrogens with two attached hydrogens (primary N) is 1. The second-order valence-corrected chi connectivity index (χ2v) is 9.23. The summed E-state index contributed by atoms with van der Waals surface area (Å²) in [4.78, 5) is 16.1. The molecule has 10 heteroatoms. The molecule has 0 bridgehead atoms. The summed E-state index contributed by atoms with van der Waals surface area (Å²) in [5, 5.41) is 11.1. The van der Waals surface area contributed by atoms with Crippen LogP contribution in [0.1, 0.15) is 31.2 Å². The van der Waals surface area contributed by atoms with E-state index < -0.39 is 12.7 Å². The summed E-state index contributed by atoms with van der Waals surface area (Å²) < 4.78 is 13.1. The first-order valence-electron chi connectivity index (χ1n) is 9.31. The van der Waals surface area contributed by atoms with E-state index in [1.807, 2.05) is 13.8 Å².